The van der Waals surface area contributed by atoms with Gasteiger partial charge in [0, 0.05) is 116 Å². The van der Waals surface area contributed by atoms with E-state index in [2.05, 4.69) is 189 Å². The fraction of sp³-hybridized carbons (Fsp3) is 0. The second kappa shape index (κ2) is 15.2. The van der Waals surface area contributed by atoms with E-state index in [1.54, 1.807) is 69.6 Å². The van der Waals surface area contributed by atoms with E-state index < -0.39 is 0 Å². The Morgan fingerprint density at radius 3 is 0.806 bits per heavy atom. The molecule has 0 saturated carbocycles. The minimum Gasteiger partial charge on any atom is -0.291 e. The minimum absolute atomic E-state index is 0.346. The lowest BCUT2D eigenvalue weighted by Gasteiger charge is -2.34. The van der Waals surface area contributed by atoms with Gasteiger partial charge in [0.1, 0.15) is 11.6 Å². The molecule has 0 unspecified atom stereocenters. The van der Waals surface area contributed by atoms with Crippen molar-refractivity contribution in [1.82, 2.24) is 0 Å². The third kappa shape index (κ3) is 5.86. The van der Waals surface area contributed by atoms with Crippen molar-refractivity contribution in [2.45, 2.75) is 0 Å². The number of halogens is 2. The molecule has 2 aliphatic rings. The number of rotatable bonds is 4. The fourth-order valence-corrected chi connectivity index (χ4v) is 15.6. The van der Waals surface area contributed by atoms with Gasteiger partial charge >= 0.3 is 0 Å². The molecule has 0 atom stereocenters. The predicted octanol–water partition coefficient (Wildman–Crippen LogP) is 19.8. The summed E-state index contributed by atoms with van der Waals surface area (Å²) in [4.78, 5) is 9.06. The van der Waals surface area contributed by atoms with Crippen LogP contribution in [0.3, 0.4) is 0 Å². The van der Waals surface area contributed by atoms with Gasteiger partial charge in [-0.1, -0.05) is 72.8 Å². The summed E-state index contributed by atoms with van der Waals surface area (Å²) in [5, 5.41) is 9.21. The highest BCUT2D eigenvalue weighted by Gasteiger charge is 2.45. The molecule has 0 amide bonds. The highest BCUT2D eigenvalue weighted by molar-refractivity contribution is 7.27. The summed E-state index contributed by atoms with van der Waals surface area (Å²) in [6.45, 7) is 0. The molecule has 0 N–H and O–H groups in total. The molecular weight excluding hydrogens is 967 g/mol. The minimum atomic E-state index is -0.346. The normalized spacial score (nSPS) is 14.8. The molecule has 4 nitrogen and oxygen atoms in total. The van der Waals surface area contributed by atoms with Crippen molar-refractivity contribution >= 4 is 172 Å². The smallest absolute Gasteiger partial charge is 0.166 e. The van der Waals surface area contributed by atoms with Crippen LogP contribution in [0.5, 0.6) is 0 Å². The van der Waals surface area contributed by atoms with Crippen molar-refractivity contribution in [2.75, 3.05) is 19.6 Å². The zero-order chi connectivity index (χ0) is 47.3. The number of hydrogen-bond acceptors (Lipinski definition) is 8. The Hall–Kier alpha value is -8.12. The summed E-state index contributed by atoms with van der Waals surface area (Å²) < 4.78 is 42.2. The second-order valence-electron chi connectivity index (χ2n) is 18.4. The van der Waals surface area contributed by atoms with Crippen molar-refractivity contribution in [2.24, 2.45) is 0 Å². The van der Waals surface area contributed by atoms with Gasteiger partial charge in [0.05, 0.1) is 22.7 Å². The summed E-state index contributed by atoms with van der Waals surface area (Å²) in [6.07, 6.45) is 0. The van der Waals surface area contributed by atoms with E-state index in [1.165, 1.54) is 59.1 Å². The first-order valence-corrected chi connectivity index (χ1v) is 26.9. The van der Waals surface area contributed by atoms with Crippen molar-refractivity contribution in [1.29, 1.82) is 0 Å². The summed E-state index contributed by atoms with van der Waals surface area (Å²) in [6, 6.07) is 71.0. The Morgan fingerprint density at radius 1 is 0.236 bits per heavy atom. The van der Waals surface area contributed by atoms with E-state index in [9.17, 15) is 0 Å². The molecule has 14 aromatic rings. The molecule has 2 aliphatic heterocycles. The van der Waals surface area contributed by atoms with Crippen molar-refractivity contribution in [3.8, 4) is 0 Å². The Bertz CT molecular complexity index is 4380. The summed E-state index contributed by atoms with van der Waals surface area (Å²) in [7, 11) is 0. The van der Waals surface area contributed by atoms with Crippen LogP contribution >= 0.6 is 45.3 Å². The van der Waals surface area contributed by atoms with Crippen LogP contribution in [0.4, 0.5) is 54.3 Å². The molecule has 6 heterocycles. The first-order valence-electron chi connectivity index (χ1n) is 23.7. The quantitative estimate of drug-likeness (QED) is 0.174. The fourth-order valence-electron chi connectivity index (χ4n) is 11.2. The first kappa shape index (κ1) is 40.6. The molecule has 0 spiro atoms. The molecule has 0 fully saturated rings. The Kier molecular flexibility index (Phi) is 8.57. The van der Waals surface area contributed by atoms with Crippen molar-refractivity contribution < 1.29 is 8.78 Å². The average molecular weight is 1000 g/mol. The van der Waals surface area contributed by atoms with Crippen LogP contribution in [0.25, 0.3) is 80.7 Å². The van der Waals surface area contributed by atoms with Gasteiger partial charge in [0.25, 0.3) is 0 Å². The standard InChI is InChI=1S/C62H34F2N4S4/c63-35-17-23-49-51(29-35)67(39-21-27-59-47(33-39)43-11-3-7-15-55(43)71-59)61(65(49)37-19-25-57-45(31-37)41-9-1-5-13-53(41)69-57)62-66(38-20-26-58-46(32-38)42-10-2-6-14-54(42)70-58)50-24-18-36(64)30-52(50)68(62)40-22-28-60-48(34-40)44-12-4-8-16-56(44)72-60/h1-34H/b62-61+. The van der Waals surface area contributed by atoms with E-state index in [1.807, 2.05) is 12.1 Å². The summed E-state index contributed by atoms with van der Waals surface area (Å²) in [5.41, 5.74) is 6.55. The van der Waals surface area contributed by atoms with E-state index >= 15 is 8.78 Å². The Labute approximate surface area is 426 Å². The Morgan fingerprint density at radius 2 is 0.500 bits per heavy atom. The molecule has 0 aliphatic carbocycles. The number of hydrogen-bond donors (Lipinski definition) is 0. The van der Waals surface area contributed by atoms with Crippen LogP contribution in [-0.4, -0.2) is 0 Å². The van der Waals surface area contributed by atoms with Crippen LogP contribution in [0.15, 0.2) is 218 Å². The zero-order valence-corrected chi connectivity index (χ0v) is 41.1. The van der Waals surface area contributed by atoms with Crippen LogP contribution < -0.4 is 19.6 Å². The van der Waals surface area contributed by atoms with Gasteiger partial charge in [-0.2, -0.15) is 0 Å². The van der Waals surface area contributed by atoms with Crippen molar-refractivity contribution in [3.05, 3.63) is 230 Å². The van der Waals surface area contributed by atoms with E-state index in [0.717, 1.165) is 67.3 Å². The molecular formula is C62H34F2N4S4. The predicted molar refractivity (Wildman–Crippen MR) is 306 cm³/mol. The maximum Gasteiger partial charge on any atom is 0.166 e. The highest BCUT2D eigenvalue weighted by Crippen LogP contribution is 2.59. The monoisotopic (exact) mass is 1000 g/mol. The summed E-state index contributed by atoms with van der Waals surface area (Å²) in [5.74, 6) is 0.828. The van der Waals surface area contributed by atoms with Crippen LogP contribution in [-0.2, 0) is 0 Å². The molecule has 0 bridgehead atoms. The molecule has 0 radical (unpaired) electrons. The number of anilines is 8. The van der Waals surface area contributed by atoms with E-state index in [-0.39, 0.29) is 11.6 Å². The van der Waals surface area contributed by atoms with Crippen molar-refractivity contribution in [3.63, 3.8) is 0 Å². The van der Waals surface area contributed by atoms with Gasteiger partial charge in [-0.15, -0.1) is 45.3 Å². The lowest BCUT2D eigenvalue weighted by Crippen LogP contribution is -2.33. The SMILES string of the molecule is Fc1ccc2c(c1)N(c1ccc3sc4ccccc4c3c1)/C(=C1\N(c3ccc4sc5ccccc5c4c3)c3ccc(F)cc3N1c1ccc3sc4ccccc4c3c1)N2c1ccc2sc3ccccc3c2c1. The van der Waals surface area contributed by atoms with E-state index in [0.29, 0.717) is 11.4 Å². The maximum atomic E-state index is 16.4. The highest BCUT2D eigenvalue weighted by atomic mass is 32.1. The Balaban J connectivity index is 1.07. The largest absolute Gasteiger partial charge is 0.291 e. The van der Waals surface area contributed by atoms with Gasteiger partial charge in [0.2, 0.25) is 0 Å². The van der Waals surface area contributed by atoms with Crippen LogP contribution in [0, 0.1) is 11.6 Å². The second-order valence-corrected chi connectivity index (χ2v) is 22.7. The molecule has 10 heteroatoms. The lowest BCUT2D eigenvalue weighted by molar-refractivity contribution is 0.628. The molecule has 10 aromatic carbocycles. The number of thiophene rings is 4. The van der Waals surface area contributed by atoms with Gasteiger partial charge in [-0.05, 0) is 121 Å². The van der Waals surface area contributed by atoms with Gasteiger partial charge in [-0.25, -0.2) is 8.78 Å². The topological polar surface area (TPSA) is 13.0 Å². The third-order valence-corrected chi connectivity index (χ3v) is 19.0. The van der Waals surface area contributed by atoms with Crippen LogP contribution in [0.1, 0.15) is 0 Å². The van der Waals surface area contributed by atoms with Gasteiger partial charge < -0.3 is 0 Å². The van der Waals surface area contributed by atoms with Gasteiger partial charge in [-0.3, -0.25) is 19.6 Å². The maximum absolute atomic E-state index is 16.4. The molecule has 0 saturated heterocycles. The molecule has 72 heavy (non-hydrogen) atoms. The average Bonchev–Trinajstić information content (AvgIpc) is 4.27. The van der Waals surface area contributed by atoms with Crippen LogP contribution in [0.2, 0.25) is 0 Å². The molecule has 4 aromatic heterocycles. The van der Waals surface area contributed by atoms with E-state index in [4.69, 9.17) is 0 Å². The molecule has 340 valence electrons. The zero-order valence-electron chi connectivity index (χ0n) is 37.8. The lowest BCUT2D eigenvalue weighted by atomic mass is 10.1. The third-order valence-electron chi connectivity index (χ3n) is 14.4. The number of fused-ring (bicyclic) bond motifs is 14. The summed E-state index contributed by atoms with van der Waals surface area (Å²) >= 11 is 7.10. The first-order chi connectivity index (χ1) is 35.5. The molecule has 16 rings (SSSR count). The number of benzene rings is 10. The number of nitrogens with zero attached hydrogens (tertiary/aromatic N) is 4. The van der Waals surface area contributed by atoms with Gasteiger partial charge in [0.15, 0.2) is 11.6 Å².